The summed E-state index contributed by atoms with van der Waals surface area (Å²) in [6.45, 7) is 4.36. The number of β-amino-alcohol motifs (C(OH)–C–C–N with tert-alkyl or cyclic N) is 1. The van der Waals surface area contributed by atoms with Crippen LogP contribution in [0.4, 0.5) is 0 Å². The highest BCUT2D eigenvalue weighted by atomic mass is 32.2. The normalized spacial score (nSPS) is 13.2. The molecule has 0 bridgehead atoms. The number of likely N-dealkylation sites (N-methyl/N-ethyl adjacent to an activating group) is 1. The summed E-state index contributed by atoms with van der Waals surface area (Å²) in [5.74, 6) is -1.24. The van der Waals surface area contributed by atoms with Gasteiger partial charge in [-0.1, -0.05) is 91.0 Å². The molecule has 0 amide bonds. The molecule has 4 aromatic carbocycles. The van der Waals surface area contributed by atoms with Gasteiger partial charge in [0.25, 0.3) is 0 Å². The Morgan fingerprint density at radius 1 is 0.952 bits per heavy atom. The molecule has 3 N–H and O–H groups in total. The van der Waals surface area contributed by atoms with Crippen LogP contribution < -0.4 is 5.32 Å². The van der Waals surface area contributed by atoms with Crippen molar-refractivity contribution in [2.45, 2.75) is 37.7 Å². The summed E-state index contributed by atoms with van der Waals surface area (Å²) in [5.41, 5.74) is 3.86. The van der Waals surface area contributed by atoms with Crippen LogP contribution in [0.5, 0.6) is 0 Å². The van der Waals surface area contributed by atoms with E-state index in [4.69, 9.17) is 5.11 Å². The molecule has 7 nitrogen and oxygen atoms in total. The van der Waals surface area contributed by atoms with E-state index in [0.29, 0.717) is 5.56 Å². The Kier molecular flexibility index (Phi) is 9.96. The van der Waals surface area contributed by atoms with Crippen LogP contribution >= 0.6 is 0 Å². The number of aliphatic hydroxyl groups excluding tert-OH is 1. The van der Waals surface area contributed by atoms with Crippen molar-refractivity contribution in [2.24, 2.45) is 0 Å². The highest BCUT2D eigenvalue weighted by Gasteiger charge is 2.25. The van der Waals surface area contributed by atoms with Gasteiger partial charge in [-0.15, -0.1) is 0 Å². The van der Waals surface area contributed by atoms with Gasteiger partial charge in [0.1, 0.15) is 0 Å². The van der Waals surface area contributed by atoms with Gasteiger partial charge >= 0.3 is 5.97 Å². The summed E-state index contributed by atoms with van der Waals surface area (Å²) < 4.78 is 27.8. The van der Waals surface area contributed by atoms with Crippen LogP contribution in [0.25, 0.3) is 28.0 Å². The molecule has 4 aromatic rings. The molecule has 0 aliphatic carbocycles. The number of carboxylic acids is 1. The highest BCUT2D eigenvalue weighted by molar-refractivity contribution is 7.88. The third-order valence-corrected chi connectivity index (χ3v) is 8.99. The number of carbonyl (C=O) groups is 1. The zero-order chi connectivity index (χ0) is 30.3. The Labute approximate surface area is 248 Å². The monoisotopic (exact) mass is 586 g/mol. The first-order valence-electron chi connectivity index (χ1n) is 13.9. The van der Waals surface area contributed by atoms with Crippen LogP contribution in [0.15, 0.2) is 97.1 Å². The molecule has 0 saturated carbocycles. The fraction of sp³-hybridized carbons (Fsp3) is 0.265. The van der Waals surface area contributed by atoms with Crippen LogP contribution in [0.3, 0.4) is 0 Å². The largest absolute Gasteiger partial charge is 0.478 e. The molecule has 0 aromatic heterocycles. The Hall–Kier alpha value is -3.82. The molecule has 0 aliphatic rings. The minimum Gasteiger partial charge on any atom is -0.478 e. The number of hydrogen-bond donors (Lipinski definition) is 3. The molecule has 42 heavy (non-hydrogen) atoms. The SMILES string of the molecule is CN(C[C@H](O)CNC(C)(C)Cc1ccc2ccccc2c1)S(=O)(=O)Cc1ccccc1-c1ccc(/C=C/C(=O)O)cc1. The first-order chi connectivity index (χ1) is 19.9. The lowest BCUT2D eigenvalue weighted by Crippen LogP contribution is -2.47. The van der Waals surface area contributed by atoms with Gasteiger partial charge in [0.2, 0.25) is 10.0 Å². The van der Waals surface area contributed by atoms with E-state index in [-0.39, 0.29) is 24.4 Å². The Morgan fingerprint density at radius 3 is 2.33 bits per heavy atom. The summed E-state index contributed by atoms with van der Waals surface area (Å²) >= 11 is 0. The summed E-state index contributed by atoms with van der Waals surface area (Å²) in [4.78, 5) is 10.8. The maximum absolute atomic E-state index is 13.3. The molecule has 0 saturated heterocycles. The Balaban J connectivity index is 1.35. The second kappa shape index (κ2) is 13.4. The molecule has 0 aliphatic heterocycles. The summed E-state index contributed by atoms with van der Waals surface area (Å²) in [6.07, 6.45) is 2.44. The fourth-order valence-corrected chi connectivity index (χ4v) is 6.23. The summed E-state index contributed by atoms with van der Waals surface area (Å²) in [7, 11) is -2.23. The van der Waals surface area contributed by atoms with Crippen LogP contribution in [-0.2, 0) is 27.0 Å². The van der Waals surface area contributed by atoms with Crippen LogP contribution in [-0.4, -0.2) is 60.7 Å². The topological polar surface area (TPSA) is 107 Å². The zero-order valence-corrected chi connectivity index (χ0v) is 25.0. The van der Waals surface area contributed by atoms with E-state index in [1.807, 2.05) is 36.4 Å². The molecule has 0 unspecified atom stereocenters. The number of aliphatic carboxylic acids is 1. The molecule has 8 heteroatoms. The van der Waals surface area contributed by atoms with Crippen molar-refractivity contribution in [3.05, 3.63) is 114 Å². The Bertz CT molecular complexity index is 1660. The van der Waals surface area contributed by atoms with Gasteiger partial charge in [0.15, 0.2) is 0 Å². The van der Waals surface area contributed by atoms with E-state index in [1.165, 1.54) is 33.8 Å². The number of nitrogens with one attached hydrogen (secondary N) is 1. The third-order valence-electron chi connectivity index (χ3n) is 7.21. The zero-order valence-electron chi connectivity index (χ0n) is 24.2. The van der Waals surface area contributed by atoms with Crippen LogP contribution in [0.2, 0.25) is 0 Å². The first kappa shape index (κ1) is 31.1. The number of nitrogens with zero attached hydrogens (tertiary/aromatic N) is 1. The molecular weight excluding hydrogens is 548 g/mol. The van der Waals surface area contributed by atoms with E-state index in [0.717, 1.165) is 29.2 Å². The van der Waals surface area contributed by atoms with Gasteiger partial charge in [-0.05, 0) is 64.9 Å². The number of rotatable bonds is 13. The van der Waals surface area contributed by atoms with Crippen LogP contribution in [0, 0.1) is 0 Å². The van der Waals surface area contributed by atoms with Crippen molar-refractivity contribution in [2.75, 3.05) is 20.1 Å². The van der Waals surface area contributed by atoms with Crippen LogP contribution in [0.1, 0.15) is 30.5 Å². The molecular formula is C34H38N2O5S. The highest BCUT2D eigenvalue weighted by Crippen LogP contribution is 2.27. The van der Waals surface area contributed by atoms with Gasteiger partial charge in [-0.3, -0.25) is 0 Å². The number of benzene rings is 4. The van der Waals surface area contributed by atoms with Gasteiger partial charge in [0, 0.05) is 31.8 Å². The second-order valence-electron chi connectivity index (χ2n) is 11.3. The van der Waals surface area contributed by atoms with Crippen molar-refractivity contribution >= 4 is 32.8 Å². The molecule has 0 fully saturated rings. The number of sulfonamides is 1. The first-order valence-corrected chi connectivity index (χ1v) is 15.5. The number of aliphatic hydroxyl groups is 1. The minimum absolute atomic E-state index is 0.0336. The molecule has 0 heterocycles. The predicted octanol–water partition coefficient (Wildman–Crippen LogP) is 5.34. The third kappa shape index (κ3) is 8.59. The average Bonchev–Trinajstić information content (AvgIpc) is 2.95. The average molecular weight is 587 g/mol. The van der Waals surface area contributed by atoms with E-state index in [9.17, 15) is 18.3 Å². The van der Waals surface area contributed by atoms with Gasteiger partial charge in [-0.2, -0.15) is 0 Å². The smallest absolute Gasteiger partial charge is 0.328 e. The van der Waals surface area contributed by atoms with E-state index in [2.05, 4.69) is 49.5 Å². The van der Waals surface area contributed by atoms with Gasteiger partial charge < -0.3 is 15.5 Å². The predicted molar refractivity (Wildman–Crippen MR) is 170 cm³/mol. The molecule has 1 atom stereocenters. The molecule has 4 rings (SSSR count). The fourth-order valence-electron chi connectivity index (χ4n) is 4.97. The van der Waals surface area contributed by atoms with Crippen molar-refractivity contribution in [1.82, 2.24) is 9.62 Å². The van der Waals surface area contributed by atoms with Crippen molar-refractivity contribution in [3.8, 4) is 11.1 Å². The maximum Gasteiger partial charge on any atom is 0.328 e. The lowest BCUT2D eigenvalue weighted by molar-refractivity contribution is -0.131. The quantitative estimate of drug-likeness (QED) is 0.183. The number of hydrogen-bond acceptors (Lipinski definition) is 5. The summed E-state index contributed by atoms with van der Waals surface area (Å²) in [5, 5.41) is 25.4. The van der Waals surface area contributed by atoms with Gasteiger partial charge in [-0.25, -0.2) is 17.5 Å². The maximum atomic E-state index is 13.3. The summed E-state index contributed by atoms with van der Waals surface area (Å²) in [6, 6.07) is 29.2. The number of fused-ring (bicyclic) bond motifs is 1. The lowest BCUT2D eigenvalue weighted by Gasteiger charge is -2.29. The van der Waals surface area contributed by atoms with E-state index in [1.54, 1.807) is 24.3 Å². The second-order valence-corrected chi connectivity index (χ2v) is 13.3. The Morgan fingerprint density at radius 2 is 1.62 bits per heavy atom. The van der Waals surface area contributed by atoms with E-state index < -0.39 is 22.1 Å². The van der Waals surface area contributed by atoms with Crippen molar-refractivity contribution in [3.63, 3.8) is 0 Å². The molecule has 220 valence electrons. The van der Waals surface area contributed by atoms with Gasteiger partial charge in [0.05, 0.1) is 11.9 Å². The number of carboxylic acid groups (broad SMARTS) is 1. The lowest BCUT2D eigenvalue weighted by atomic mass is 9.93. The van der Waals surface area contributed by atoms with Crippen molar-refractivity contribution < 1.29 is 23.4 Å². The minimum atomic E-state index is -3.72. The molecule has 0 spiro atoms. The standard InChI is InChI=1S/C34H38N2O5S/c1-34(2,21-26-14-16-27-8-4-5-9-29(27)20-26)35-22-31(37)23-36(3)42(40,41)24-30-10-6-7-11-32(30)28-17-12-25(13-18-28)15-19-33(38)39/h4-20,31,35,37H,21-24H2,1-3H3,(H,38,39)/b19-15+/t31-/m1/s1. The van der Waals surface area contributed by atoms with E-state index >= 15 is 0 Å². The van der Waals surface area contributed by atoms with Crippen molar-refractivity contribution in [1.29, 1.82) is 0 Å². The molecule has 0 radical (unpaired) electrons.